The van der Waals surface area contributed by atoms with Gasteiger partial charge < -0.3 is 35.0 Å². The Balaban J connectivity index is 1.59. The van der Waals surface area contributed by atoms with Gasteiger partial charge in [0.1, 0.15) is 18.0 Å². The quantitative estimate of drug-likeness (QED) is 0.332. The number of ketones is 2. The molecule has 2 saturated carbocycles. The minimum atomic E-state index is -2.03. The van der Waals surface area contributed by atoms with Gasteiger partial charge in [0.05, 0.1) is 18.3 Å². The molecule has 0 aromatic rings. The second-order valence-electron chi connectivity index (χ2n) is 14.2. The summed E-state index contributed by atoms with van der Waals surface area (Å²) >= 11 is 0. The number of carbonyl (C=O) groups excluding carboxylic acids is 2. The van der Waals surface area contributed by atoms with Gasteiger partial charge in [-0.05, 0) is 49.0 Å². The fourth-order valence-electron chi connectivity index (χ4n) is 9.91. The molecule has 2 heterocycles. The van der Waals surface area contributed by atoms with Crippen molar-refractivity contribution in [1.29, 1.82) is 0 Å². The molecule has 2 aliphatic heterocycles. The molecule has 4 fully saturated rings. The molecule has 39 heavy (non-hydrogen) atoms. The maximum Gasteiger partial charge on any atom is 0.196 e. The summed E-state index contributed by atoms with van der Waals surface area (Å²) in [6, 6.07) is 0. The summed E-state index contributed by atoms with van der Waals surface area (Å²) in [5, 5.41) is 57.5. The Morgan fingerprint density at radius 2 is 1.79 bits per heavy atom. The Morgan fingerprint density at radius 3 is 2.38 bits per heavy atom. The number of aliphatic hydroxyl groups is 5. The van der Waals surface area contributed by atoms with E-state index in [2.05, 4.69) is 0 Å². The SMILES string of the molecule is CC1=CC(=O)[C@@H](O)[C@]2(C)C3[C@]45CO[C@@]3(O)[C@H](O)[C@H](C)C4C(CC(=O)CC(O)(C(C)C)C(C)C)C(O)O[C@@H]5C[C@@H]12. The highest BCUT2D eigenvalue weighted by Gasteiger charge is 2.82. The highest BCUT2D eigenvalue weighted by Crippen LogP contribution is 2.74. The topological polar surface area (TPSA) is 154 Å². The number of hydrogen-bond acceptors (Lipinski definition) is 9. The summed E-state index contributed by atoms with van der Waals surface area (Å²) in [7, 11) is 0. The zero-order chi connectivity index (χ0) is 29.0. The highest BCUT2D eigenvalue weighted by atomic mass is 16.7. The third kappa shape index (κ3) is 3.63. The Morgan fingerprint density at radius 1 is 1.18 bits per heavy atom. The van der Waals surface area contributed by atoms with Crippen molar-refractivity contribution < 1.29 is 44.6 Å². The van der Waals surface area contributed by atoms with Gasteiger partial charge in [-0.3, -0.25) is 9.59 Å². The first-order chi connectivity index (χ1) is 18.0. The van der Waals surface area contributed by atoms with E-state index in [0.29, 0.717) is 6.42 Å². The van der Waals surface area contributed by atoms with Crippen LogP contribution in [0.15, 0.2) is 11.6 Å². The number of aliphatic hydroxyl groups excluding tert-OH is 3. The monoisotopic (exact) mass is 550 g/mol. The lowest BCUT2D eigenvalue weighted by Gasteiger charge is -2.69. The summed E-state index contributed by atoms with van der Waals surface area (Å²) in [5.41, 5.74) is -2.56. The molecule has 0 aromatic heterocycles. The van der Waals surface area contributed by atoms with Crippen LogP contribution in [-0.2, 0) is 19.1 Å². The van der Waals surface area contributed by atoms with Crippen LogP contribution in [0.1, 0.15) is 67.7 Å². The van der Waals surface area contributed by atoms with Crippen molar-refractivity contribution in [1.82, 2.24) is 0 Å². The van der Waals surface area contributed by atoms with Crippen LogP contribution in [0.3, 0.4) is 0 Å². The summed E-state index contributed by atoms with van der Waals surface area (Å²) in [5.74, 6) is -6.05. The maximum atomic E-state index is 13.5. The molecule has 0 amide bonds. The standard InChI is InChI=1S/C30H46O9/c1-13(2)29(36,14(3)4)11-17(31)9-18-22-16(6)23(33)30(37)26-27(7)19(15(5)8-20(32)24(27)34)10-21(39-25(18)35)28(22,26)12-38-30/h8,13-14,16,18-19,21-26,33-37H,9-12H2,1-7H3/t16-,18?,19+,21-,22?,23-,24-,25?,26?,27-,28+,30+/m1/s1. The molecule has 12 atom stereocenters. The highest BCUT2D eigenvalue weighted by molar-refractivity contribution is 5.96. The van der Waals surface area contributed by atoms with Crippen molar-refractivity contribution in [3.63, 3.8) is 0 Å². The summed E-state index contributed by atoms with van der Waals surface area (Å²) < 4.78 is 12.4. The molecule has 220 valence electrons. The number of Topliss-reactive ketones (excluding diaryl/α,β-unsaturated/α-hetero) is 1. The van der Waals surface area contributed by atoms with Gasteiger partial charge in [0.2, 0.25) is 0 Å². The Labute approximate surface area is 230 Å². The van der Waals surface area contributed by atoms with Crippen molar-refractivity contribution in [2.24, 2.45) is 52.3 Å². The predicted molar refractivity (Wildman–Crippen MR) is 140 cm³/mol. The average Bonchev–Trinajstić information content (AvgIpc) is 3.13. The third-order valence-corrected chi connectivity index (χ3v) is 11.9. The largest absolute Gasteiger partial charge is 0.389 e. The summed E-state index contributed by atoms with van der Waals surface area (Å²) in [6.07, 6.45) is -2.99. The first-order valence-corrected chi connectivity index (χ1v) is 14.5. The zero-order valence-electron chi connectivity index (χ0n) is 24.1. The lowest BCUT2D eigenvalue weighted by Crippen LogP contribution is -2.77. The van der Waals surface area contributed by atoms with Gasteiger partial charge in [0.15, 0.2) is 17.9 Å². The molecule has 0 radical (unpaired) electrons. The Bertz CT molecular complexity index is 1060. The first kappa shape index (κ1) is 29.3. The second-order valence-corrected chi connectivity index (χ2v) is 14.2. The number of fused-ring (bicyclic) bond motifs is 1. The van der Waals surface area contributed by atoms with Crippen molar-refractivity contribution in [2.45, 2.75) is 104 Å². The lowest BCUT2D eigenvalue weighted by atomic mass is 9.37. The second kappa shape index (κ2) is 9.15. The minimum absolute atomic E-state index is 0.0101. The Hall–Kier alpha value is -1.20. The van der Waals surface area contributed by atoms with E-state index in [-0.39, 0.29) is 43.0 Å². The zero-order valence-corrected chi connectivity index (χ0v) is 24.1. The van der Waals surface area contributed by atoms with Crippen LogP contribution in [0.25, 0.3) is 0 Å². The number of hydrogen-bond donors (Lipinski definition) is 5. The van der Waals surface area contributed by atoms with Crippen molar-refractivity contribution in [2.75, 3.05) is 6.61 Å². The average molecular weight is 551 g/mol. The minimum Gasteiger partial charge on any atom is -0.389 e. The van der Waals surface area contributed by atoms with E-state index in [0.717, 1.165) is 5.57 Å². The molecule has 4 unspecified atom stereocenters. The first-order valence-electron chi connectivity index (χ1n) is 14.5. The fourth-order valence-corrected chi connectivity index (χ4v) is 9.91. The van der Waals surface area contributed by atoms with Gasteiger partial charge in [-0.2, -0.15) is 0 Å². The normalized spacial score (nSPS) is 49.1. The van der Waals surface area contributed by atoms with Crippen LogP contribution in [0.2, 0.25) is 0 Å². The molecule has 9 heteroatoms. The third-order valence-electron chi connectivity index (χ3n) is 11.9. The maximum absolute atomic E-state index is 13.5. The van der Waals surface area contributed by atoms with E-state index in [9.17, 15) is 35.1 Å². The summed E-state index contributed by atoms with van der Waals surface area (Å²) in [6.45, 7) is 12.9. The molecule has 5 N–H and O–H groups in total. The lowest BCUT2D eigenvalue weighted by molar-refractivity contribution is -0.367. The summed E-state index contributed by atoms with van der Waals surface area (Å²) in [4.78, 5) is 26.4. The Kier molecular flexibility index (Phi) is 6.87. The predicted octanol–water partition coefficient (Wildman–Crippen LogP) is 1.58. The van der Waals surface area contributed by atoms with E-state index in [1.165, 1.54) is 6.08 Å². The van der Waals surface area contributed by atoms with Crippen LogP contribution in [0.4, 0.5) is 0 Å². The van der Waals surface area contributed by atoms with E-state index >= 15 is 0 Å². The van der Waals surface area contributed by atoms with Gasteiger partial charge >= 0.3 is 0 Å². The molecule has 2 saturated heterocycles. The van der Waals surface area contributed by atoms with E-state index in [1.807, 2.05) is 34.6 Å². The molecule has 3 aliphatic carbocycles. The number of rotatable bonds is 6. The molecule has 2 bridgehead atoms. The van der Waals surface area contributed by atoms with Gasteiger partial charge in [-0.25, -0.2) is 0 Å². The molecule has 5 rings (SSSR count). The van der Waals surface area contributed by atoms with Crippen LogP contribution in [0.5, 0.6) is 0 Å². The van der Waals surface area contributed by atoms with Gasteiger partial charge in [0.25, 0.3) is 0 Å². The fraction of sp³-hybridized carbons (Fsp3) is 0.867. The van der Waals surface area contributed by atoms with Crippen LogP contribution >= 0.6 is 0 Å². The number of carbonyl (C=O) groups is 2. The van der Waals surface area contributed by atoms with Crippen LogP contribution in [0, 0.1) is 52.3 Å². The van der Waals surface area contributed by atoms with Gasteiger partial charge in [-0.1, -0.05) is 47.1 Å². The molecule has 9 nitrogen and oxygen atoms in total. The molecule has 0 aromatic carbocycles. The van der Waals surface area contributed by atoms with Gasteiger partial charge in [-0.15, -0.1) is 0 Å². The van der Waals surface area contributed by atoms with Crippen molar-refractivity contribution in [3.8, 4) is 0 Å². The van der Waals surface area contributed by atoms with Gasteiger partial charge in [0, 0.05) is 35.5 Å². The van der Waals surface area contributed by atoms with Crippen molar-refractivity contribution in [3.05, 3.63) is 11.6 Å². The van der Waals surface area contributed by atoms with E-state index in [1.54, 1.807) is 13.8 Å². The van der Waals surface area contributed by atoms with E-state index in [4.69, 9.17) is 9.47 Å². The van der Waals surface area contributed by atoms with E-state index < -0.39 is 76.3 Å². The van der Waals surface area contributed by atoms with Crippen LogP contribution < -0.4 is 0 Å². The smallest absolute Gasteiger partial charge is 0.196 e. The number of ether oxygens (including phenoxy) is 2. The molecular weight excluding hydrogens is 504 g/mol. The van der Waals surface area contributed by atoms with Crippen LogP contribution in [-0.4, -0.2) is 79.7 Å². The molecule has 1 spiro atoms. The molecule has 5 aliphatic rings. The molecular formula is C30H46O9. The number of allylic oxidation sites excluding steroid dienone is 1. The van der Waals surface area contributed by atoms with Crippen molar-refractivity contribution >= 4 is 11.6 Å².